The van der Waals surface area contributed by atoms with Gasteiger partial charge in [-0.15, -0.1) is 0 Å². The monoisotopic (exact) mass is 287 g/mol. The highest BCUT2D eigenvalue weighted by Crippen LogP contribution is 2.36. The minimum absolute atomic E-state index is 0.392. The van der Waals surface area contributed by atoms with Crippen molar-refractivity contribution in [2.24, 2.45) is 5.92 Å². The Bertz CT molecular complexity index is 396. The Labute approximate surface area is 117 Å². The lowest BCUT2D eigenvalue weighted by Gasteiger charge is -2.30. The summed E-state index contributed by atoms with van der Waals surface area (Å²) in [6.45, 7) is 1.95. The third-order valence-electron chi connectivity index (χ3n) is 3.64. The number of amides is 1. The van der Waals surface area contributed by atoms with Crippen molar-refractivity contribution < 1.29 is 29.0 Å². The van der Waals surface area contributed by atoms with Crippen LogP contribution in [0.4, 0.5) is 0 Å². The average Bonchev–Trinajstić information content (AvgIpc) is 2.67. The van der Waals surface area contributed by atoms with Gasteiger partial charge in [-0.3, -0.25) is 9.59 Å². The van der Waals surface area contributed by atoms with E-state index in [1.165, 1.54) is 7.11 Å². The smallest absolute Gasteiger partial charge is 0.331 e. The third-order valence-corrected chi connectivity index (χ3v) is 3.64. The highest BCUT2D eigenvalue weighted by Gasteiger charge is 2.58. The quantitative estimate of drug-likeness (QED) is 0.654. The molecule has 0 aromatic heterocycles. The second-order valence-electron chi connectivity index (χ2n) is 4.90. The van der Waals surface area contributed by atoms with E-state index in [-0.39, 0.29) is 0 Å². The molecule has 0 aromatic carbocycles. The topological polar surface area (TPSA) is 102 Å². The number of carbonyl (C=O) groups excluding carboxylic acids is 3. The van der Waals surface area contributed by atoms with Crippen molar-refractivity contribution in [3.63, 3.8) is 0 Å². The molecule has 7 nitrogen and oxygen atoms in total. The van der Waals surface area contributed by atoms with Crippen LogP contribution >= 0.6 is 0 Å². The van der Waals surface area contributed by atoms with Crippen LogP contribution in [-0.2, 0) is 23.9 Å². The minimum atomic E-state index is -1.81. The fraction of sp³-hybridized carbons (Fsp3) is 0.769. The highest BCUT2D eigenvalue weighted by atomic mass is 16.5. The first-order valence-electron chi connectivity index (χ1n) is 6.58. The average molecular weight is 287 g/mol. The van der Waals surface area contributed by atoms with E-state index in [1.807, 2.05) is 6.92 Å². The van der Waals surface area contributed by atoms with Crippen molar-refractivity contribution in [2.75, 3.05) is 14.2 Å². The lowest BCUT2D eigenvalue weighted by molar-refractivity contribution is -0.157. The lowest BCUT2D eigenvalue weighted by atomic mass is 9.79. The molecule has 0 aliphatic carbocycles. The van der Waals surface area contributed by atoms with Gasteiger partial charge in [-0.1, -0.05) is 19.8 Å². The summed E-state index contributed by atoms with van der Waals surface area (Å²) in [5.41, 5.74) is -1.81. The number of hydrogen-bond acceptors (Lipinski definition) is 6. The predicted octanol–water partition coefficient (Wildman–Crippen LogP) is -0.242. The van der Waals surface area contributed by atoms with Gasteiger partial charge in [0.2, 0.25) is 5.91 Å². The zero-order valence-corrected chi connectivity index (χ0v) is 12.0. The summed E-state index contributed by atoms with van der Waals surface area (Å²) in [4.78, 5) is 35.2. The van der Waals surface area contributed by atoms with Crippen molar-refractivity contribution in [3.05, 3.63) is 0 Å². The highest BCUT2D eigenvalue weighted by molar-refractivity contribution is 5.93. The Balaban J connectivity index is 3.05. The van der Waals surface area contributed by atoms with Gasteiger partial charge in [-0.05, 0) is 6.42 Å². The molecule has 3 atom stereocenters. The third kappa shape index (κ3) is 3.09. The number of carbonyl (C=O) groups is 3. The maximum Gasteiger partial charge on any atom is 0.331 e. The Kier molecular flexibility index (Phi) is 5.50. The van der Waals surface area contributed by atoms with E-state index in [2.05, 4.69) is 14.8 Å². The van der Waals surface area contributed by atoms with Gasteiger partial charge in [0.25, 0.3) is 0 Å². The van der Waals surface area contributed by atoms with Crippen molar-refractivity contribution in [1.29, 1.82) is 0 Å². The lowest BCUT2D eigenvalue weighted by Crippen LogP contribution is -2.52. The molecule has 0 aromatic rings. The van der Waals surface area contributed by atoms with E-state index >= 15 is 0 Å². The number of hydrogen-bond donors (Lipinski definition) is 2. The van der Waals surface area contributed by atoms with E-state index in [1.54, 1.807) is 0 Å². The fourth-order valence-corrected chi connectivity index (χ4v) is 2.49. The Morgan fingerprint density at radius 2 is 2.00 bits per heavy atom. The standard InChI is InChI=1S/C13H21NO6/c1-4-5-6-8-11(16)14-10(12(17)20-3)13(8,18)7-9(15)19-2/h8,10,18H,4-7H2,1-3H3,(H,14,16)/t8-,10+,13-/m1/s1. The maximum absolute atomic E-state index is 12.0. The van der Waals surface area contributed by atoms with E-state index in [9.17, 15) is 19.5 Å². The van der Waals surface area contributed by atoms with Crippen molar-refractivity contribution in [3.8, 4) is 0 Å². The fourth-order valence-electron chi connectivity index (χ4n) is 2.49. The van der Waals surface area contributed by atoms with Crippen molar-refractivity contribution >= 4 is 17.8 Å². The van der Waals surface area contributed by atoms with Crippen LogP contribution in [0.2, 0.25) is 0 Å². The summed E-state index contributed by atoms with van der Waals surface area (Å²) in [5, 5.41) is 13.1. The molecule has 2 N–H and O–H groups in total. The molecule has 0 saturated carbocycles. The number of ether oxygens (including phenoxy) is 2. The predicted molar refractivity (Wildman–Crippen MR) is 68.5 cm³/mol. The summed E-state index contributed by atoms with van der Waals surface area (Å²) in [5.74, 6) is -2.73. The van der Waals surface area contributed by atoms with Crippen LogP contribution in [0.3, 0.4) is 0 Å². The minimum Gasteiger partial charge on any atom is -0.469 e. The summed E-state index contributed by atoms with van der Waals surface area (Å²) in [6.07, 6.45) is 1.50. The molecule has 1 rings (SSSR count). The molecule has 1 fully saturated rings. The SMILES string of the molecule is CCCC[C@@H]1C(=O)N[C@@H](C(=O)OC)[C@@]1(O)CC(=O)OC. The molecule has 0 bridgehead atoms. The number of esters is 2. The van der Waals surface area contributed by atoms with E-state index in [0.29, 0.717) is 12.8 Å². The zero-order valence-electron chi connectivity index (χ0n) is 12.0. The molecule has 1 heterocycles. The summed E-state index contributed by atoms with van der Waals surface area (Å²) in [6, 6.07) is -1.25. The van der Waals surface area contributed by atoms with Gasteiger partial charge in [-0.2, -0.15) is 0 Å². The summed E-state index contributed by atoms with van der Waals surface area (Å²) >= 11 is 0. The van der Waals surface area contributed by atoms with Gasteiger partial charge < -0.3 is 19.9 Å². The van der Waals surface area contributed by atoms with Gasteiger partial charge >= 0.3 is 11.9 Å². The van der Waals surface area contributed by atoms with Gasteiger partial charge in [0.1, 0.15) is 5.60 Å². The first-order valence-corrected chi connectivity index (χ1v) is 6.58. The van der Waals surface area contributed by atoms with Gasteiger partial charge in [-0.25, -0.2) is 4.79 Å². The number of methoxy groups -OCH3 is 2. The molecule has 7 heteroatoms. The molecule has 0 unspecified atom stereocenters. The normalized spacial score (nSPS) is 28.9. The van der Waals surface area contributed by atoms with Crippen LogP contribution in [0.25, 0.3) is 0 Å². The van der Waals surface area contributed by atoms with Gasteiger partial charge in [0, 0.05) is 0 Å². The van der Waals surface area contributed by atoms with Crippen LogP contribution < -0.4 is 5.32 Å². The molecule has 114 valence electrons. The summed E-state index contributed by atoms with van der Waals surface area (Å²) < 4.78 is 9.12. The van der Waals surface area contributed by atoms with Crippen LogP contribution in [0.5, 0.6) is 0 Å². The first kappa shape index (κ1) is 16.4. The number of aliphatic hydroxyl groups is 1. The van der Waals surface area contributed by atoms with Crippen LogP contribution in [0, 0.1) is 5.92 Å². The Morgan fingerprint density at radius 1 is 1.35 bits per heavy atom. The Morgan fingerprint density at radius 3 is 2.50 bits per heavy atom. The number of nitrogens with one attached hydrogen (secondary N) is 1. The molecule has 0 spiro atoms. The van der Waals surface area contributed by atoms with Crippen molar-refractivity contribution in [2.45, 2.75) is 44.2 Å². The van der Waals surface area contributed by atoms with Crippen LogP contribution in [-0.4, -0.2) is 48.8 Å². The molecule has 1 aliphatic rings. The maximum atomic E-state index is 12.0. The van der Waals surface area contributed by atoms with Gasteiger partial charge in [0.05, 0.1) is 26.6 Å². The van der Waals surface area contributed by atoms with E-state index < -0.39 is 41.8 Å². The summed E-state index contributed by atoms with van der Waals surface area (Å²) in [7, 11) is 2.34. The van der Waals surface area contributed by atoms with Gasteiger partial charge in [0.15, 0.2) is 6.04 Å². The molecule has 20 heavy (non-hydrogen) atoms. The number of rotatable bonds is 6. The molecule has 1 saturated heterocycles. The van der Waals surface area contributed by atoms with Crippen LogP contribution in [0.15, 0.2) is 0 Å². The second-order valence-corrected chi connectivity index (χ2v) is 4.90. The van der Waals surface area contributed by atoms with Crippen molar-refractivity contribution in [1.82, 2.24) is 5.32 Å². The van der Waals surface area contributed by atoms with Crippen LogP contribution in [0.1, 0.15) is 32.6 Å². The second kappa shape index (κ2) is 6.69. The molecule has 1 aliphatic heterocycles. The molecular formula is C13H21NO6. The molecule has 0 radical (unpaired) electrons. The molecule has 1 amide bonds. The first-order chi connectivity index (χ1) is 9.40. The zero-order chi connectivity index (χ0) is 15.3. The van der Waals surface area contributed by atoms with E-state index in [0.717, 1.165) is 13.5 Å². The largest absolute Gasteiger partial charge is 0.469 e. The Hall–Kier alpha value is -1.63. The molecular weight excluding hydrogens is 266 g/mol. The number of unbranched alkanes of at least 4 members (excludes halogenated alkanes) is 1. The van der Waals surface area contributed by atoms with E-state index in [4.69, 9.17) is 0 Å².